The number of hydrogen-bond donors (Lipinski definition) is 1. The number of hydrogen-bond acceptors (Lipinski definition) is 4. The van der Waals surface area contributed by atoms with Crippen molar-refractivity contribution in [2.24, 2.45) is 0 Å². The zero-order chi connectivity index (χ0) is 23.4. The van der Waals surface area contributed by atoms with E-state index in [1.165, 1.54) is 4.90 Å². The molecule has 0 bridgehead atoms. The fraction of sp³-hybridized carbons (Fsp3) is 0.440. The molecule has 0 aliphatic carbocycles. The lowest BCUT2D eigenvalue weighted by Gasteiger charge is -2.27. The summed E-state index contributed by atoms with van der Waals surface area (Å²) in [6.45, 7) is 3.03. The first-order valence-corrected chi connectivity index (χ1v) is 13.1. The van der Waals surface area contributed by atoms with Crippen molar-refractivity contribution >= 4 is 33.2 Å². The van der Waals surface area contributed by atoms with Crippen molar-refractivity contribution in [3.63, 3.8) is 0 Å². The molecule has 0 aromatic heterocycles. The number of nitrogens with zero attached hydrogens (tertiary/aromatic N) is 2. The number of anilines is 2. The summed E-state index contributed by atoms with van der Waals surface area (Å²) in [6, 6.07) is 12.6. The number of rotatable bonds is 6. The molecule has 4 rings (SSSR count). The molecule has 8 heteroatoms. The first-order valence-electron chi connectivity index (χ1n) is 11.7. The van der Waals surface area contributed by atoms with Gasteiger partial charge in [-0.15, -0.1) is 0 Å². The standard InChI is InChI=1S/C25H31N3O4S/c1-2-19-8-6-10-21(16-19)26-24(29)18-28-23-13-12-22(17-20(23)9-7-11-25(28)30)33(31,32)27-14-4-3-5-15-27/h6,8,10,12-13,16-17H,2-5,7,9,11,14-15,18H2,1H3,(H,26,29). The Morgan fingerprint density at radius 1 is 1.00 bits per heavy atom. The van der Waals surface area contributed by atoms with E-state index in [0.717, 1.165) is 36.8 Å². The Morgan fingerprint density at radius 3 is 2.55 bits per heavy atom. The van der Waals surface area contributed by atoms with Crippen LogP contribution in [0.25, 0.3) is 0 Å². The molecule has 7 nitrogen and oxygen atoms in total. The highest BCUT2D eigenvalue weighted by molar-refractivity contribution is 7.89. The van der Waals surface area contributed by atoms with Crippen LogP contribution in [0.5, 0.6) is 0 Å². The second-order valence-corrected chi connectivity index (χ2v) is 10.6. The molecule has 1 fully saturated rings. The van der Waals surface area contributed by atoms with Crippen LogP contribution in [0.3, 0.4) is 0 Å². The van der Waals surface area contributed by atoms with Gasteiger partial charge in [-0.1, -0.05) is 25.5 Å². The van der Waals surface area contributed by atoms with Crippen LogP contribution >= 0.6 is 0 Å². The predicted octanol–water partition coefficient (Wildman–Crippen LogP) is 3.73. The van der Waals surface area contributed by atoms with Gasteiger partial charge in [0, 0.05) is 30.9 Å². The SMILES string of the molecule is CCc1cccc(NC(=O)CN2C(=O)CCCc3cc(S(=O)(=O)N4CCCCC4)ccc32)c1. The van der Waals surface area contributed by atoms with Gasteiger partial charge < -0.3 is 10.2 Å². The van der Waals surface area contributed by atoms with Gasteiger partial charge in [-0.25, -0.2) is 8.42 Å². The van der Waals surface area contributed by atoms with Crippen LogP contribution in [-0.4, -0.2) is 44.2 Å². The topological polar surface area (TPSA) is 86.8 Å². The maximum atomic E-state index is 13.1. The molecule has 0 atom stereocenters. The largest absolute Gasteiger partial charge is 0.325 e. The van der Waals surface area contributed by atoms with Crippen molar-refractivity contribution < 1.29 is 18.0 Å². The summed E-state index contributed by atoms with van der Waals surface area (Å²) in [4.78, 5) is 27.3. The number of carbonyl (C=O) groups is 2. The van der Waals surface area contributed by atoms with Crippen molar-refractivity contribution in [3.8, 4) is 0 Å². The molecule has 1 N–H and O–H groups in total. The summed E-state index contributed by atoms with van der Waals surface area (Å²) in [7, 11) is -3.56. The van der Waals surface area contributed by atoms with Gasteiger partial charge in [0.05, 0.1) is 4.90 Å². The Labute approximate surface area is 195 Å². The summed E-state index contributed by atoms with van der Waals surface area (Å²) >= 11 is 0. The van der Waals surface area contributed by atoms with Crippen LogP contribution in [0.2, 0.25) is 0 Å². The Balaban J connectivity index is 1.56. The molecule has 2 aromatic carbocycles. The van der Waals surface area contributed by atoms with Gasteiger partial charge in [0.15, 0.2) is 0 Å². The number of benzene rings is 2. The molecule has 176 valence electrons. The summed E-state index contributed by atoms with van der Waals surface area (Å²) in [5.74, 6) is -0.410. The van der Waals surface area contributed by atoms with Crippen molar-refractivity contribution in [3.05, 3.63) is 53.6 Å². The number of amides is 2. The van der Waals surface area contributed by atoms with Gasteiger partial charge in [-0.3, -0.25) is 9.59 Å². The summed E-state index contributed by atoms with van der Waals surface area (Å²) in [5.41, 5.74) is 3.23. The second kappa shape index (κ2) is 10.1. The van der Waals surface area contributed by atoms with Gasteiger partial charge in [0.1, 0.15) is 6.54 Å². The molecule has 1 saturated heterocycles. The third-order valence-corrected chi connectivity index (χ3v) is 8.25. The van der Waals surface area contributed by atoms with Crippen molar-refractivity contribution in [1.29, 1.82) is 0 Å². The number of sulfonamides is 1. The summed E-state index contributed by atoms with van der Waals surface area (Å²) in [5, 5.41) is 2.88. The van der Waals surface area contributed by atoms with E-state index >= 15 is 0 Å². The summed E-state index contributed by atoms with van der Waals surface area (Å²) in [6.07, 6.45) is 5.21. The van der Waals surface area contributed by atoms with E-state index in [-0.39, 0.29) is 23.3 Å². The Bertz CT molecular complexity index is 1140. The normalized spacial score (nSPS) is 17.4. The number of carbonyl (C=O) groups excluding carboxylic acids is 2. The fourth-order valence-corrected chi connectivity index (χ4v) is 6.09. The lowest BCUT2D eigenvalue weighted by Crippen LogP contribution is -2.38. The van der Waals surface area contributed by atoms with Crippen molar-refractivity contribution in [2.45, 2.75) is 56.8 Å². The molecule has 0 saturated carbocycles. The zero-order valence-electron chi connectivity index (χ0n) is 19.0. The van der Waals surface area contributed by atoms with Crippen molar-refractivity contribution in [1.82, 2.24) is 4.31 Å². The van der Waals surface area contributed by atoms with E-state index in [1.807, 2.05) is 31.2 Å². The number of piperidine rings is 1. The van der Waals surface area contributed by atoms with Crippen LogP contribution in [0.4, 0.5) is 11.4 Å². The minimum absolute atomic E-state index is 0.111. The van der Waals surface area contributed by atoms with Gasteiger partial charge in [-0.2, -0.15) is 4.31 Å². The molecular weight excluding hydrogens is 438 g/mol. The Kier molecular flexibility index (Phi) is 7.14. The maximum absolute atomic E-state index is 13.1. The predicted molar refractivity (Wildman–Crippen MR) is 129 cm³/mol. The van der Waals surface area contributed by atoms with Crippen LogP contribution in [-0.2, 0) is 32.5 Å². The van der Waals surface area contributed by atoms with Crippen molar-refractivity contribution in [2.75, 3.05) is 29.9 Å². The van der Waals surface area contributed by atoms with Gasteiger partial charge in [0.25, 0.3) is 0 Å². The van der Waals surface area contributed by atoms with Crippen LogP contribution in [0, 0.1) is 0 Å². The van der Waals surface area contributed by atoms with Gasteiger partial charge in [-0.05, 0) is 73.6 Å². The molecule has 2 amide bonds. The quantitative estimate of drug-likeness (QED) is 0.698. The molecule has 33 heavy (non-hydrogen) atoms. The average molecular weight is 470 g/mol. The zero-order valence-corrected chi connectivity index (χ0v) is 19.9. The average Bonchev–Trinajstić information content (AvgIpc) is 2.97. The highest BCUT2D eigenvalue weighted by Gasteiger charge is 2.29. The van der Waals surface area contributed by atoms with Crippen LogP contribution in [0.1, 0.15) is 50.2 Å². The second-order valence-electron chi connectivity index (χ2n) is 8.69. The van der Waals surface area contributed by atoms with E-state index in [2.05, 4.69) is 5.32 Å². The number of fused-ring (bicyclic) bond motifs is 1. The number of nitrogens with one attached hydrogen (secondary N) is 1. The number of aryl methyl sites for hydroxylation is 2. The Hall–Kier alpha value is -2.71. The molecule has 0 radical (unpaired) electrons. The molecule has 2 heterocycles. The smallest absolute Gasteiger partial charge is 0.244 e. The minimum Gasteiger partial charge on any atom is -0.325 e. The molecule has 2 aliphatic rings. The lowest BCUT2D eigenvalue weighted by molar-refractivity contribution is -0.121. The first kappa shape index (κ1) is 23.4. The maximum Gasteiger partial charge on any atom is 0.244 e. The highest BCUT2D eigenvalue weighted by atomic mass is 32.2. The summed E-state index contributed by atoms with van der Waals surface area (Å²) < 4.78 is 27.8. The fourth-order valence-electron chi connectivity index (χ4n) is 4.53. The molecule has 0 unspecified atom stereocenters. The highest BCUT2D eigenvalue weighted by Crippen LogP contribution is 2.31. The lowest BCUT2D eigenvalue weighted by atomic mass is 10.1. The monoisotopic (exact) mass is 469 g/mol. The molecule has 0 spiro atoms. The third kappa shape index (κ3) is 5.28. The van der Waals surface area contributed by atoms with E-state index in [9.17, 15) is 18.0 Å². The molecule has 2 aliphatic heterocycles. The van der Waals surface area contributed by atoms with Gasteiger partial charge in [0.2, 0.25) is 21.8 Å². The molecule has 2 aromatic rings. The van der Waals surface area contributed by atoms with E-state index in [0.29, 0.717) is 43.7 Å². The van der Waals surface area contributed by atoms with E-state index in [4.69, 9.17) is 0 Å². The van der Waals surface area contributed by atoms with Crippen LogP contribution < -0.4 is 10.2 Å². The van der Waals surface area contributed by atoms with Crippen LogP contribution in [0.15, 0.2) is 47.4 Å². The van der Waals surface area contributed by atoms with Gasteiger partial charge >= 0.3 is 0 Å². The first-order chi connectivity index (χ1) is 15.9. The Morgan fingerprint density at radius 2 is 1.79 bits per heavy atom. The van der Waals surface area contributed by atoms with E-state index < -0.39 is 10.0 Å². The minimum atomic E-state index is -3.56. The molecular formula is C25H31N3O4S. The van der Waals surface area contributed by atoms with E-state index in [1.54, 1.807) is 22.5 Å². The third-order valence-electron chi connectivity index (χ3n) is 6.35.